The molecular formula is C8H4ClFN2OS. The normalized spacial score (nSPS) is 10.1. The van der Waals surface area contributed by atoms with Crippen LogP contribution in [0.25, 0.3) is 0 Å². The third-order valence-electron chi connectivity index (χ3n) is 1.34. The van der Waals surface area contributed by atoms with E-state index in [9.17, 15) is 4.39 Å². The van der Waals surface area contributed by atoms with Crippen molar-refractivity contribution in [3.63, 3.8) is 0 Å². The molecule has 0 unspecified atom stereocenters. The summed E-state index contributed by atoms with van der Waals surface area (Å²) in [6.45, 7) is 0. The van der Waals surface area contributed by atoms with Gasteiger partial charge in [-0.3, -0.25) is 4.98 Å². The van der Waals surface area contributed by atoms with Crippen LogP contribution in [0, 0.1) is 5.82 Å². The van der Waals surface area contributed by atoms with Crippen LogP contribution >= 0.6 is 22.9 Å². The summed E-state index contributed by atoms with van der Waals surface area (Å²) >= 11 is 6.82. The predicted molar refractivity (Wildman–Crippen MR) is 51.4 cm³/mol. The molecule has 0 N–H and O–H groups in total. The van der Waals surface area contributed by atoms with Crippen LogP contribution in [0.4, 0.5) is 4.39 Å². The minimum absolute atomic E-state index is 0.302. The molecule has 0 bridgehead atoms. The SMILES string of the molecule is Fc1cncc(Oc2nc(Cl)cs2)c1. The van der Waals surface area contributed by atoms with E-state index >= 15 is 0 Å². The largest absolute Gasteiger partial charge is 0.429 e. The van der Waals surface area contributed by atoms with Gasteiger partial charge in [0.2, 0.25) is 0 Å². The molecule has 0 spiro atoms. The van der Waals surface area contributed by atoms with Gasteiger partial charge in [0.1, 0.15) is 11.0 Å². The van der Waals surface area contributed by atoms with E-state index in [1.807, 2.05) is 0 Å². The van der Waals surface area contributed by atoms with Crippen molar-refractivity contribution in [2.75, 3.05) is 0 Å². The van der Waals surface area contributed by atoms with Gasteiger partial charge in [0.05, 0.1) is 12.4 Å². The van der Waals surface area contributed by atoms with Crippen LogP contribution in [0.5, 0.6) is 10.9 Å². The van der Waals surface area contributed by atoms with E-state index in [1.54, 1.807) is 5.38 Å². The zero-order chi connectivity index (χ0) is 9.97. The molecule has 6 heteroatoms. The summed E-state index contributed by atoms with van der Waals surface area (Å²) < 4.78 is 17.9. The van der Waals surface area contributed by atoms with E-state index in [-0.39, 0.29) is 0 Å². The first kappa shape index (κ1) is 9.36. The molecule has 0 aliphatic carbocycles. The molecule has 0 atom stereocenters. The Morgan fingerprint density at radius 1 is 1.43 bits per heavy atom. The molecule has 0 aliphatic heterocycles. The number of ether oxygens (including phenoxy) is 1. The topological polar surface area (TPSA) is 35.0 Å². The molecule has 0 aliphatic rings. The molecule has 2 aromatic rings. The van der Waals surface area contributed by atoms with Crippen molar-refractivity contribution in [2.45, 2.75) is 0 Å². The fourth-order valence-corrected chi connectivity index (χ4v) is 1.64. The first-order chi connectivity index (χ1) is 6.74. The van der Waals surface area contributed by atoms with Crippen LogP contribution in [0.3, 0.4) is 0 Å². The van der Waals surface area contributed by atoms with Crippen molar-refractivity contribution in [2.24, 2.45) is 0 Å². The first-order valence-electron chi connectivity index (χ1n) is 3.63. The number of rotatable bonds is 2. The molecule has 0 radical (unpaired) electrons. The van der Waals surface area contributed by atoms with Crippen molar-refractivity contribution >= 4 is 22.9 Å². The van der Waals surface area contributed by atoms with Crippen molar-refractivity contribution in [3.05, 3.63) is 34.8 Å². The zero-order valence-electron chi connectivity index (χ0n) is 6.78. The van der Waals surface area contributed by atoms with E-state index in [0.717, 1.165) is 6.20 Å². The van der Waals surface area contributed by atoms with Crippen molar-refractivity contribution in [1.29, 1.82) is 0 Å². The maximum atomic E-state index is 12.7. The van der Waals surface area contributed by atoms with Gasteiger partial charge in [-0.2, -0.15) is 4.98 Å². The lowest BCUT2D eigenvalue weighted by Crippen LogP contribution is -1.85. The van der Waals surface area contributed by atoms with E-state index < -0.39 is 5.82 Å². The molecule has 0 amide bonds. The van der Waals surface area contributed by atoms with Gasteiger partial charge in [0, 0.05) is 11.4 Å². The first-order valence-corrected chi connectivity index (χ1v) is 4.89. The van der Waals surface area contributed by atoms with Crippen molar-refractivity contribution in [1.82, 2.24) is 9.97 Å². The van der Waals surface area contributed by atoms with Gasteiger partial charge < -0.3 is 4.74 Å². The molecular weight excluding hydrogens is 227 g/mol. The summed E-state index contributed by atoms with van der Waals surface area (Å²) in [5, 5.41) is 2.35. The maximum absolute atomic E-state index is 12.7. The Kier molecular flexibility index (Phi) is 2.60. The average Bonchev–Trinajstić information content (AvgIpc) is 2.51. The standard InChI is InChI=1S/C8H4ClFN2OS/c9-7-4-14-8(12-7)13-6-1-5(10)2-11-3-6/h1-4H. The highest BCUT2D eigenvalue weighted by molar-refractivity contribution is 7.11. The summed E-state index contributed by atoms with van der Waals surface area (Å²) in [6, 6.07) is 1.22. The molecule has 0 saturated carbocycles. The molecule has 2 heterocycles. The Labute approximate surface area is 88.2 Å². The Balaban J connectivity index is 2.18. The third kappa shape index (κ3) is 2.18. The summed E-state index contributed by atoms with van der Waals surface area (Å²) in [5.41, 5.74) is 0. The van der Waals surface area contributed by atoms with Gasteiger partial charge in [-0.05, 0) is 0 Å². The number of halogens is 2. The lowest BCUT2D eigenvalue weighted by molar-refractivity contribution is 0.470. The number of hydrogen-bond acceptors (Lipinski definition) is 4. The minimum Gasteiger partial charge on any atom is -0.429 e. The fourth-order valence-electron chi connectivity index (χ4n) is 0.835. The lowest BCUT2D eigenvalue weighted by Gasteiger charge is -1.99. The van der Waals surface area contributed by atoms with Crippen LogP contribution in [-0.2, 0) is 0 Å². The smallest absolute Gasteiger partial charge is 0.280 e. The van der Waals surface area contributed by atoms with Crippen LogP contribution in [0.2, 0.25) is 5.15 Å². The summed E-state index contributed by atoms with van der Waals surface area (Å²) in [5.74, 6) is -0.152. The lowest BCUT2D eigenvalue weighted by atomic mass is 10.4. The van der Waals surface area contributed by atoms with Crippen LogP contribution in [-0.4, -0.2) is 9.97 Å². The highest BCUT2D eigenvalue weighted by Crippen LogP contribution is 2.26. The second kappa shape index (κ2) is 3.89. The minimum atomic E-state index is -0.454. The number of hydrogen-bond donors (Lipinski definition) is 0. The second-order valence-electron chi connectivity index (χ2n) is 2.38. The van der Waals surface area contributed by atoms with Crippen LogP contribution < -0.4 is 4.74 Å². The van der Waals surface area contributed by atoms with Gasteiger partial charge in [0.15, 0.2) is 5.75 Å². The molecule has 0 aromatic carbocycles. The maximum Gasteiger partial charge on any atom is 0.280 e. The molecule has 14 heavy (non-hydrogen) atoms. The van der Waals surface area contributed by atoms with Gasteiger partial charge >= 0.3 is 0 Å². The van der Waals surface area contributed by atoms with Crippen molar-refractivity contribution < 1.29 is 9.13 Å². The highest BCUT2D eigenvalue weighted by Gasteiger charge is 2.03. The van der Waals surface area contributed by atoms with E-state index in [0.29, 0.717) is 16.1 Å². The molecule has 2 aromatic heterocycles. The van der Waals surface area contributed by atoms with Gasteiger partial charge in [-0.15, -0.1) is 0 Å². The van der Waals surface area contributed by atoms with E-state index in [4.69, 9.17) is 16.3 Å². The highest BCUT2D eigenvalue weighted by atomic mass is 35.5. The van der Waals surface area contributed by atoms with Gasteiger partial charge in [-0.1, -0.05) is 22.9 Å². The predicted octanol–water partition coefficient (Wildman–Crippen LogP) is 3.12. The second-order valence-corrected chi connectivity index (χ2v) is 3.58. The Morgan fingerprint density at radius 3 is 2.93 bits per heavy atom. The van der Waals surface area contributed by atoms with E-state index in [1.165, 1.54) is 23.6 Å². The summed E-state index contributed by atoms with van der Waals surface area (Å²) in [4.78, 5) is 7.48. The quantitative estimate of drug-likeness (QED) is 0.795. The Hall–Kier alpha value is -1.20. The molecule has 3 nitrogen and oxygen atoms in total. The summed E-state index contributed by atoms with van der Waals surface area (Å²) in [7, 11) is 0. The fraction of sp³-hybridized carbons (Fsp3) is 0. The average molecular weight is 231 g/mol. The Bertz CT molecular complexity index is 448. The van der Waals surface area contributed by atoms with Gasteiger partial charge in [-0.25, -0.2) is 4.39 Å². The molecule has 72 valence electrons. The summed E-state index contributed by atoms with van der Waals surface area (Å²) in [6.07, 6.45) is 2.50. The monoisotopic (exact) mass is 230 g/mol. The van der Waals surface area contributed by atoms with Crippen LogP contribution in [0.1, 0.15) is 0 Å². The molecule has 0 fully saturated rings. The number of aromatic nitrogens is 2. The Morgan fingerprint density at radius 2 is 2.29 bits per heavy atom. The van der Waals surface area contributed by atoms with Gasteiger partial charge in [0.25, 0.3) is 5.19 Å². The zero-order valence-corrected chi connectivity index (χ0v) is 8.35. The number of thiazole rings is 1. The van der Waals surface area contributed by atoms with Crippen molar-refractivity contribution in [3.8, 4) is 10.9 Å². The van der Waals surface area contributed by atoms with Crippen LogP contribution in [0.15, 0.2) is 23.8 Å². The van der Waals surface area contributed by atoms with E-state index in [2.05, 4.69) is 9.97 Å². The molecule has 0 saturated heterocycles. The number of nitrogens with zero attached hydrogens (tertiary/aromatic N) is 2. The molecule has 2 rings (SSSR count). The third-order valence-corrected chi connectivity index (χ3v) is 2.38. The number of pyridine rings is 1.